The van der Waals surface area contributed by atoms with Gasteiger partial charge in [0.1, 0.15) is 11.4 Å². The van der Waals surface area contributed by atoms with Gasteiger partial charge < -0.3 is 14.5 Å². The zero-order chi connectivity index (χ0) is 15.5. The van der Waals surface area contributed by atoms with E-state index in [1.807, 2.05) is 24.3 Å². The molecule has 0 bridgehead atoms. The van der Waals surface area contributed by atoms with Crippen molar-refractivity contribution in [1.82, 2.24) is 9.97 Å². The number of ether oxygens (including phenoxy) is 2. The molecule has 0 saturated carbocycles. The third-order valence-electron chi connectivity index (χ3n) is 3.46. The molecule has 112 valence electrons. The van der Waals surface area contributed by atoms with Crippen LogP contribution >= 0.6 is 0 Å². The Bertz CT molecular complexity index is 824. The summed E-state index contributed by atoms with van der Waals surface area (Å²) in [6.45, 7) is 2.10. The second kappa shape index (κ2) is 5.89. The van der Waals surface area contributed by atoms with E-state index in [1.54, 1.807) is 32.5 Å². The van der Waals surface area contributed by atoms with E-state index in [0.717, 1.165) is 22.0 Å². The second-order valence-electron chi connectivity index (χ2n) is 4.72. The predicted octanol–water partition coefficient (Wildman–Crippen LogP) is 3.42. The standard InChI is InChI=1S/C17H16N2O3/c1-3-22-17(20)16-15(11-6-4-5-7-13(11)19-16)12-10-18-9-8-14(12)21-2/h4-10,19H,3H2,1-2H3. The third kappa shape index (κ3) is 2.30. The van der Waals surface area contributed by atoms with Gasteiger partial charge in [-0.25, -0.2) is 4.79 Å². The van der Waals surface area contributed by atoms with Crippen LogP contribution in [-0.4, -0.2) is 29.7 Å². The van der Waals surface area contributed by atoms with Crippen molar-refractivity contribution in [3.63, 3.8) is 0 Å². The number of hydrogen-bond acceptors (Lipinski definition) is 4. The normalized spacial score (nSPS) is 10.6. The molecule has 0 aliphatic heterocycles. The molecule has 0 amide bonds. The van der Waals surface area contributed by atoms with Crippen LogP contribution in [0, 0.1) is 0 Å². The van der Waals surface area contributed by atoms with Crippen molar-refractivity contribution < 1.29 is 14.3 Å². The summed E-state index contributed by atoms with van der Waals surface area (Å²) in [6, 6.07) is 9.49. The summed E-state index contributed by atoms with van der Waals surface area (Å²) < 4.78 is 10.6. The smallest absolute Gasteiger partial charge is 0.355 e. The first kappa shape index (κ1) is 14.1. The maximum atomic E-state index is 12.3. The number of aromatic nitrogens is 2. The zero-order valence-corrected chi connectivity index (χ0v) is 12.4. The maximum absolute atomic E-state index is 12.3. The van der Waals surface area contributed by atoms with Gasteiger partial charge >= 0.3 is 5.97 Å². The number of para-hydroxylation sites is 1. The molecule has 0 atom stereocenters. The number of carbonyl (C=O) groups is 1. The van der Waals surface area contributed by atoms with Crippen molar-refractivity contribution in [3.05, 3.63) is 48.4 Å². The lowest BCUT2D eigenvalue weighted by molar-refractivity contribution is 0.0521. The molecule has 0 radical (unpaired) electrons. The number of rotatable bonds is 4. The van der Waals surface area contributed by atoms with Gasteiger partial charge in [0.15, 0.2) is 0 Å². The number of benzene rings is 1. The molecule has 0 spiro atoms. The molecule has 0 aliphatic carbocycles. The second-order valence-corrected chi connectivity index (χ2v) is 4.72. The molecule has 1 N–H and O–H groups in total. The van der Waals surface area contributed by atoms with E-state index in [1.165, 1.54) is 0 Å². The topological polar surface area (TPSA) is 64.2 Å². The number of H-pyrrole nitrogens is 1. The lowest BCUT2D eigenvalue weighted by Crippen LogP contribution is -2.06. The predicted molar refractivity (Wildman–Crippen MR) is 84.0 cm³/mol. The lowest BCUT2D eigenvalue weighted by Gasteiger charge is -2.09. The summed E-state index contributed by atoms with van der Waals surface area (Å²) in [5.41, 5.74) is 2.78. The summed E-state index contributed by atoms with van der Waals surface area (Å²) in [7, 11) is 1.59. The van der Waals surface area contributed by atoms with E-state index >= 15 is 0 Å². The van der Waals surface area contributed by atoms with Crippen molar-refractivity contribution in [3.8, 4) is 16.9 Å². The Balaban J connectivity index is 2.30. The number of fused-ring (bicyclic) bond motifs is 1. The number of esters is 1. The minimum Gasteiger partial charge on any atom is -0.496 e. The van der Waals surface area contributed by atoms with Crippen molar-refractivity contribution in [2.45, 2.75) is 6.92 Å². The largest absolute Gasteiger partial charge is 0.496 e. The molecular weight excluding hydrogens is 280 g/mol. The van der Waals surface area contributed by atoms with Crippen LogP contribution in [0.1, 0.15) is 17.4 Å². The zero-order valence-electron chi connectivity index (χ0n) is 12.4. The van der Waals surface area contributed by atoms with Gasteiger partial charge in [-0.15, -0.1) is 0 Å². The van der Waals surface area contributed by atoms with Gasteiger partial charge in [0.05, 0.1) is 13.7 Å². The molecule has 2 aromatic heterocycles. The molecule has 5 heteroatoms. The fourth-order valence-electron chi connectivity index (χ4n) is 2.53. The van der Waals surface area contributed by atoms with Gasteiger partial charge in [0.2, 0.25) is 0 Å². The molecule has 3 aromatic rings. The Kier molecular flexibility index (Phi) is 3.78. The molecule has 0 fully saturated rings. The van der Waals surface area contributed by atoms with E-state index in [0.29, 0.717) is 18.1 Å². The number of pyridine rings is 1. The Morgan fingerprint density at radius 2 is 2.09 bits per heavy atom. The number of nitrogens with zero attached hydrogens (tertiary/aromatic N) is 1. The first-order valence-electron chi connectivity index (χ1n) is 7.02. The summed E-state index contributed by atoms with van der Waals surface area (Å²) in [5.74, 6) is 0.268. The Morgan fingerprint density at radius 3 is 2.86 bits per heavy atom. The van der Waals surface area contributed by atoms with E-state index in [2.05, 4.69) is 9.97 Å². The summed E-state index contributed by atoms with van der Waals surface area (Å²) >= 11 is 0. The van der Waals surface area contributed by atoms with Crippen LogP contribution < -0.4 is 4.74 Å². The fraction of sp³-hybridized carbons (Fsp3) is 0.176. The van der Waals surface area contributed by atoms with E-state index < -0.39 is 0 Å². The minimum absolute atomic E-state index is 0.317. The molecule has 1 aromatic carbocycles. The molecule has 0 saturated heterocycles. The van der Waals surface area contributed by atoms with Crippen LogP contribution in [0.5, 0.6) is 5.75 Å². The highest BCUT2D eigenvalue weighted by molar-refractivity contribution is 6.08. The monoisotopic (exact) mass is 296 g/mol. The third-order valence-corrected chi connectivity index (χ3v) is 3.46. The van der Waals surface area contributed by atoms with Gasteiger partial charge in [-0.2, -0.15) is 0 Å². The van der Waals surface area contributed by atoms with Crippen LogP contribution in [0.3, 0.4) is 0 Å². The highest BCUT2D eigenvalue weighted by atomic mass is 16.5. The van der Waals surface area contributed by atoms with E-state index in [-0.39, 0.29) is 5.97 Å². The van der Waals surface area contributed by atoms with Crippen molar-refractivity contribution in [1.29, 1.82) is 0 Å². The average molecular weight is 296 g/mol. The SMILES string of the molecule is CCOC(=O)c1[nH]c2ccccc2c1-c1cnccc1OC. The number of aromatic amines is 1. The molecule has 22 heavy (non-hydrogen) atoms. The van der Waals surface area contributed by atoms with E-state index in [9.17, 15) is 4.79 Å². The average Bonchev–Trinajstić information content (AvgIpc) is 2.94. The first-order valence-corrected chi connectivity index (χ1v) is 7.02. The summed E-state index contributed by atoms with van der Waals surface area (Å²) in [6.07, 6.45) is 3.35. The van der Waals surface area contributed by atoms with E-state index in [4.69, 9.17) is 9.47 Å². The quantitative estimate of drug-likeness (QED) is 0.749. The molecule has 0 aliphatic rings. The van der Waals surface area contributed by atoms with Gasteiger partial charge in [-0.3, -0.25) is 4.98 Å². The lowest BCUT2D eigenvalue weighted by atomic mass is 10.0. The van der Waals surface area contributed by atoms with Crippen LogP contribution in [0.4, 0.5) is 0 Å². The number of hydrogen-bond donors (Lipinski definition) is 1. The number of methoxy groups -OCH3 is 1. The van der Waals surface area contributed by atoms with Crippen molar-refractivity contribution in [2.24, 2.45) is 0 Å². The first-order chi connectivity index (χ1) is 10.8. The van der Waals surface area contributed by atoms with Crippen LogP contribution in [-0.2, 0) is 4.74 Å². The van der Waals surface area contributed by atoms with Gasteiger partial charge in [-0.05, 0) is 19.1 Å². The van der Waals surface area contributed by atoms with Crippen molar-refractivity contribution >= 4 is 16.9 Å². The number of nitrogens with one attached hydrogen (secondary N) is 1. The van der Waals surface area contributed by atoms with Gasteiger partial charge in [0.25, 0.3) is 0 Å². The van der Waals surface area contributed by atoms with Crippen molar-refractivity contribution in [2.75, 3.05) is 13.7 Å². The van der Waals surface area contributed by atoms with Gasteiger partial charge in [0, 0.05) is 34.4 Å². The summed E-state index contributed by atoms with van der Waals surface area (Å²) in [4.78, 5) is 19.6. The number of carbonyl (C=O) groups excluding carboxylic acids is 1. The highest BCUT2D eigenvalue weighted by Gasteiger charge is 2.22. The molecule has 3 rings (SSSR count). The molecule has 5 nitrogen and oxygen atoms in total. The summed E-state index contributed by atoms with van der Waals surface area (Å²) in [5, 5.41) is 0.928. The Labute approximate surface area is 127 Å². The highest BCUT2D eigenvalue weighted by Crippen LogP contribution is 2.37. The van der Waals surface area contributed by atoms with Crippen LogP contribution in [0.15, 0.2) is 42.7 Å². The Hall–Kier alpha value is -2.82. The Morgan fingerprint density at radius 1 is 1.27 bits per heavy atom. The molecular formula is C17H16N2O3. The van der Waals surface area contributed by atoms with Crippen LogP contribution in [0.2, 0.25) is 0 Å². The fourth-order valence-corrected chi connectivity index (χ4v) is 2.53. The van der Waals surface area contributed by atoms with Crippen LogP contribution in [0.25, 0.3) is 22.0 Å². The molecule has 0 unspecified atom stereocenters. The minimum atomic E-state index is -0.389. The van der Waals surface area contributed by atoms with Gasteiger partial charge in [-0.1, -0.05) is 18.2 Å². The maximum Gasteiger partial charge on any atom is 0.355 e. The molecule has 2 heterocycles.